The molecular weight excluding hydrogens is 372 g/mol. The van der Waals surface area contributed by atoms with E-state index in [1.165, 1.54) is 0 Å². The van der Waals surface area contributed by atoms with Crippen LogP contribution in [0, 0.1) is 0 Å². The third-order valence-corrected chi connectivity index (χ3v) is 5.40. The summed E-state index contributed by atoms with van der Waals surface area (Å²) in [6, 6.07) is 15.3. The van der Waals surface area contributed by atoms with Crippen LogP contribution in [0.3, 0.4) is 0 Å². The van der Waals surface area contributed by atoms with Crippen molar-refractivity contribution in [3.63, 3.8) is 0 Å². The Labute approximate surface area is 167 Å². The molecule has 1 saturated heterocycles. The molecular formula is C22H20N2O5. The van der Waals surface area contributed by atoms with Crippen molar-refractivity contribution < 1.29 is 23.9 Å². The molecule has 2 aromatic rings. The van der Waals surface area contributed by atoms with Gasteiger partial charge in [-0.25, -0.2) is 4.79 Å². The second-order valence-electron chi connectivity index (χ2n) is 7.19. The Morgan fingerprint density at radius 2 is 1.76 bits per heavy atom. The van der Waals surface area contributed by atoms with Gasteiger partial charge in [-0.15, -0.1) is 0 Å². The molecule has 7 nitrogen and oxygen atoms in total. The molecule has 4 rings (SSSR count). The predicted molar refractivity (Wildman–Crippen MR) is 103 cm³/mol. The zero-order valence-corrected chi connectivity index (χ0v) is 15.7. The molecule has 3 amide bonds. The number of urea groups is 1. The highest BCUT2D eigenvalue weighted by molar-refractivity contribution is 6.09. The first-order valence-corrected chi connectivity index (χ1v) is 9.47. The molecule has 1 aliphatic heterocycles. The van der Waals surface area contributed by atoms with Crippen molar-refractivity contribution in [2.75, 3.05) is 13.2 Å². The maximum Gasteiger partial charge on any atom is 0.326 e. The lowest BCUT2D eigenvalue weighted by molar-refractivity contribution is -0.147. The predicted octanol–water partition coefficient (Wildman–Crippen LogP) is 2.20. The van der Waals surface area contributed by atoms with Crippen LogP contribution in [-0.4, -0.2) is 41.7 Å². The molecule has 29 heavy (non-hydrogen) atoms. The van der Waals surface area contributed by atoms with E-state index < -0.39 is 36.6 Å². The van der Waals surface area contributed by atoms with E-state index in [2.05, 4.69) is 5.32 Å². The highest BCUT2D eigenvalue weighted by Gasteiger charge is 2.54. The number of imide groups is 1. The van der Waals surface area contributed by atoms with Gasteiger partial charge in [0.2, 0.25) is 0 Å². The topological polar surface area (TPSA) is 92.8 Å². The highest BCUT2D eigenvalue weighted by atomic mass is 16.5. The fourth-order valence-corrected chi connectivity index (χ4v) is 3.98. The number of hydrogen-bond acceptors (Lipinski definition) is 5. The number of aryl methyl sites for hydroxylation is 1. The first-order valence-electron chi connectivity index (χ1n) is 9.47. The highest BCUT2D eigenvalue weighted by Crippen LogP contribution is 2.39. The van der Waals surface area contributed by atoms with Crippen LogP contribution in [0.2, 0.25) is 0 Å². The summed E-state index contributed by atoms with van der Waals surface area (Å²) in [5.74, 6) is -1.62. The number of carbonyl (C=O) groups is 4. The summed E-state index contributed by atoms with van der Waals surface area (Å²) in [6.45, 7) is -0.975. The van der Waals surface area contributed by atoms with Crippen molar-refractivity contribution in [1.29, 1.82) is 0 Å². The molecule has 148 valence electrons. The van der Waals surface area contributed by atoms with Crippen LogP contribution in [-0.2, 0) is 26.3 Å². The Hall–Kier alpha value is -3.48. The van der Waals surface area contributed by atoms with Crippen LogP contribution in [0.4, 0.5) is 4.79 Å². The lowest BCUT2D eigenvalue weighted by atomic mass is 9.76. The fraction of sp³-hybridized carbons (Fsp3) is 0.273. The minimum Gasteiger partial charge on any atom is -0.456 e. The van der Waals surface area contributed by atoms with Crippen molar-refractivity contribution in [2.24, 2.45) is 0 Å². The number of nitrogens with zero attached hydrogens (tertiary/aromatic N) is 1. The number of esters is 1. The Morgan fingerprint density at radius 1 is 1.03 bits per heavy atom. The maximum atomic E-state index is 13.1. The van der Waals surface area contributed by atoms with E-state index in [1.54, 1.807) is 30.3 Å². The number of carbonyl (C=O) groups excluding carboxylic acids is 4. The molecule has 0 bridgehead atoms. The second kappa shape index (κ2) is 7.50. The van der Waals surface area contributed by atoms with Crippen LogP contribution < -0.4 is 5.32 Å². The van der Waals surface area contributed by atoms with Gasteiger partial charge in [-0.05, 0) is 30.4 Å². The minimum absolute atomic E-state index is 0.353. The number of Topliss-reactive ketones (excluding diaryl/α,β-unsaturated/α-hetero) is 1. The van der Waals surface area contributed by atoms with Crippen molar-refractivity contribution in [3.05, 3.63) is 71.3 Å². The first kappa shape index (κ1) is 18.9. The third-order valence-electron chi connectivity index (χ3n) is 5.40. The van der Waals surface area contributed by atoms with Gasteiger partial charge < -0.3 is 10.1 Å². The number of nitrogens with one attached hydrogen (secondary N) is 1. The molecule has 1 atom stereocenters. The summed E-state index contributed by atoms with van der Waals surface area (Å²) in [4.78, 5) is 50.7. The molecule has 0 saturated carbocycles. The summed E-state index contributed by atoms with van der Waals surface area (Å²) in [5, 5.41) is 2.78. The quantitative estimate of drug-likeness (QED) is 0.478. The van der Waals surface area contributed by atoms with Gasteiger partial charge in [-0.1, -0.05) is 54.6 Å². The normalized spacial score (nSPS) is 20.3. The Kier molecular flexibility index (Phi) is 4.88. The molecule has 2 aromatic carbocycles. The van der Waals surface area contributed by atoms with E-state index in [4.69, 9.17) is 4.74 Å². The first-order chi connectivity index (χ1) is 14.0. The minimum atomic E-state index is -1.13. The van der Waals surface area contributed by atoms with Gasteiger partial charge in [0.1, 0.15) is 12.1 Å². The van der Waals surface area contributed by atoms with Crippen molar-refractivity contribution in [3.8, 4) is 0 Å². The number of benzene rings is 2. The van der Waals surface area contributed by atoms with Crippen LogP contribution >= 0.6 is 0 Å². The van der Waals surface area contributed by atoms with Gasteiger partial charge in [-0.2, -0.15) is 0 Å². The van der Waals surface area contributed by atoms with E-state index in [0.717, 1.165) is 28.9 Å². The SMILES string of the molecule is O=C(CN1C(=O)N[C@@]2(CCCc3ccccc32)C1=O)OCC(=O)c1ccccc1. The van der Waals surface area contributed by atoms with Crippen LogP contribution in [0.5, 0.6) is 0 Å². The summed E-state index contributed by atoms with van der Waals surface area (Å²) in [6.07, 6.45) is 2.07. The molecule has 1 spiro atoms. The molecule has 2 aliphatic rings. The molecule has 1 heterocycles. The number of ether oxygens (including phenoxy) is 1. The van der Waals surface area contributed by atoms with Gasteiger partial charge in [0, 0.05) is 5.56 Å². The average molecular weight is 392 g/mol. The molecule has 1 aliphatic carbocycles. The number of hydrogen-bond donors (Lipinski definition) is 1. The van der Waals surface area contributed by atoms with Gasteiger partial charge >= 0.3 is 12.0 Å². The van der Waals surface area contributed by atoms with Crippen LogP contribution in [0.15, 0.2) is 54.6 Å². The van der Waals surface area contributed by atoms with E-state index in [1.807, 2.05) is 24.3 Å². The van der Waals surface area contributed by atoms with Gasteiger partial charge in [0.05, 0.1) is 0 Å². The average Bonchev–Trinajstić information content (AvgIpc) is 2.97. The maximum absolute atomic E-state index is 13.1. The van der Waals surface area contributed by atoms with E-state index >= 15 is 0 Å². The summed E-state index contributed by atoms with van der Waals surface area (Å²) >= 11 is 0. The fourth-order valence-electron chi connectivity index (χ4n) is 3.98. The monoisotopic (exact) mass is 392 g/mol. The standard InChI is InChI=1S/C22H20N2O5/c25-18(16-8-2-1-3-9-16)14-29-19(26)13-24-20(27)22(23-21(24)28)12-6-10-15-7-4-5-11-17(15)22/h1-5,7-9,11H,6,10,12-14H2,(H,23,28)/t22-/m1/s1. The lowest BCUT2D eigenvalue weighted by Gasteiger charge is -2.33. The Morgan fingerprint density at radius 3 is 2.55 bits per heavy atom. The lowest BCUT2D eigenvalue weighted by Crippen LogP contribution is -2.46. The zero-order valence-electron chi connectivity index (χ0n) is 15.7. The van der Waals surface area contributed by atoms with Crippen LogP contribution in [0.1, 0.15) is 34.3 Å². The molecule has 0 radical (unpaired) electrons. The summed E-state index contributed by atoms with van der Waals surface area (Å²) in [5.41, 5.74) is 1.09. The molecule has 7 heteroatoms. The summed E-state index contributed by atoms with van der Waals surface area (Å²) in [7, 11) is 0. The molecule has 1 fully saturated rings. The second-order valence-corrected chi connectivity index (χ2v) is 7.19. The zero-order chi connectivity index (χ0) is 20.4. The van der Waals surface area contributed by atoms with Crippen molar-refractivity contribution in [2.45, 2.75) is 24.8 Å². The van der Waals surface area contributed by atoms with Gasteiger partial charge in [0.15, 0.2) is 12.4 Å². The van der Waals surface area contributed by atoms with Gasteiger partial charge in [-0.3, -0.25) is 19.3 Å². The van der Waals surface area contributed by atoms with Crippen molar-refractivity contribution in [1.82, 2.24) is 10.2 Å². The number of amides is 3. The molecule has 0 aromatic heterocycles. The number of rotatable bonds is 5. The van der Waals surface area contributed by atoms with E-state index in [-0.39, 0.29) is 5.78 Å². The Balaban J connectivity index is 1.44. The van der Waals surface area contributed by atoms with E-state index in [9.17, 15) is 19.2 Å². The number of ketones is 1. The molecule has 1 N–H and O–H groups in total. The van der Waals surface area contributed by atoms with Crippen LogP contribution in [0.25, 0.3) is 0 Å². The van der Waals surface area contributed by atoms with E-state index in [0.29, 0.717) is 12.0 Å². The Bertz CT molecular complexity index is 988. The van der Waals surface area contributed by atoms with Gasteiger partial charge in [0.25, 0.3) is 5.91 Å². The molecule has 0 unspecified atom stereocenters. The smallest absolute Gasteiger partial charge is 0.326 e. The van der Waals surface area contributed by atoms with Crippen molar-refractivity contribution >= 4 is 23.7 Å². The largest absolute Gasteiger partial charge is 0.456 e. The third kappa shape index (κ3) is 3.40. The summed E-state index contributed by atoms with van der Waals surface area (Å²) < 4.78 is 5.00. The number of fused-ring (bicyclic) bond motifs is 2.